The summed E-state index contributed by atoms with van der Waals surface area (Å²) in [5, 5.41) is 8.63. The van der Waals surface area contributed by atoms with Gasteiger partial charge < -0.3 is 0 Å². The largest absolute Gasteiger partial charge is 0.276 e. The predicted octanol–water partition coefficient (Wildman–Crippen LogP) is 4.96. The zero-order chi connectivity index (χ0) is 18.9. The van der Waals surface area contributed by atoms with Gasteiger partial charge in [-0.15, -0.1) is 0 Å². The summed E-state index contributed by atoms with van der Waals surface area (Å²) in [7, 11) is -3.76. The van der Waals surface area contributed by atoms with Gasteiger partial charge in [0.15, 0.2) is 0 Å². The maximum absolute atomic E-state index is 12.4. The van der Waals surface area contributed by atoms with E-state index < -0.39 is 10.0 Å². The number of rotatable bonds is 4. The molecule has 0 atom stereocenters. The molecule has 0 bridgehead atoms. The van der Waals surface area contributed by atoms with Crippen molar-refractivity contribution in [2.24, 2.45) is 5.10 Å². The summed E-state index contributed by atoms with van der Waals surface area (Å²) in [6.45, 7) is 0. The zero-order valence-electron chi connectivity index (χ0n) is 14.1. The van der Waals surface area contributed by atoms with Crippen LogP contribution < -0.4 is 4.83 Å². The van der Waals surface area contributed by atoms with Crippen LogP contribution in [-0.2, 0) is 10.0 Å². The monoisotopic (exact) mass is 394 g/mol. The van der Waals surface area contributed by atoms with Crippen molar-refractivity contribution in [2.45, 2.75) is 4.90 Å². The lowest BCUT2D eigenvalue weighted by Crippen LogP contribution is -2.18. The Hall–Kier alpha value is -2.89. The van der Waals surface area contributed by atoms with E-state index in [0.29, 0.717) is 5.02 Å². The van der Waals surface area contributed by atoms with E-state index in [2.05, 4.69) is 16.0 Å². The zero-order valence-corrected chi connectivity index (χ0v) is 15.7. The average Bonchev–Trinajstić information content (AvgIpc) is 2.67. The molecule has 0 heterocycles. The quantitative estimate of drug-likeness (QED) is 0.302. The van der Waals surface area contributed by atoms with Gasteiger partial charge in [-0.1, -0.05) is 60.1 Å². The van der Waals surface area contributed by atoms with Gasteiger partial charge in [0.1, 0.15) is 0 Å². The molecule has 0 aliphatic rings. The molecule has 0 saturated heterocycles. The third-order valence-corrected chi connectivity index (χ3v) is 5.79. The second kappa shape index (κ2) is 7.02. The molecule has 0 spiro atoms. The fourth-order valence-corrected chi connectivity index (χ4v) is 3.93. The smallest absolute Gasteiger partial charge is 0.200 e. The van der Waals surface area contributed by atoms with Crippen LogP contribution in [0.2, 0.25) is 5.02 Å². The molecule has 0 saturated carbocycles. The lowest BCUT2D eigenvalue weighted by Gasteiger charge is -2.08. The lowest BCUT2D eigenvalue weighted by atomic mass is 9.97. The van der Waals surface area contributed by atoms with Crippen molar-refractivity contribution in [1.82, 2.24) is 4.83 Å². The molecule has 27 heavy (non-hydrogen) atoms. The number of hydrogen-bond acceptors (Lipinski definition) is 3. The molecule has 0 aromatic heterocycles. The molecular formula is C21H15ClN2O2S. The fourth-order valence-electron chi connectivity index (χ4n) is 3.01. The van der Waals surface area contributed by atoms with Gasteiger partial charge in [-0.2, -0.15) is 13.5 Å². The van der Waals surface area contributed by atoms with Crippen molar-refractivity contribution in [3.05, 3.63) is 89.4 Å². The lowest BCUT2D eigenvalue weighted by molar-refractivity contribution is 0.584. The van der Waals surface area contributed by atoms with Crippen LogP contribution in [0.25, 0.3) is 21.5 Å². The SMILES string of the molecule is O=S(=O)(NN=Cc1c2ccccc2cc2ccccc12)c1ccc(Cl)cc1. The van der Waals surface area contributed by atoms with Gasteiger partial charge in [-0.05, 0) is 51.9 Å². The Bertz CT molecular complexity index is 1210. The maximum Gasteiger partial charge on any atom is 0.276 e. The molecule has 0 unspecified atom stereocenters. The standard InChI is InChI=1S/C21H15ClN2O2S/c22-17-9-11-18(12-10-17)27(25,26)24-23-14-21-19-7-3-1-5-15(19)13-16-6-2-4-8-20(16)21/h1-14,24H. The van der Waals surface area contributed by atoms with Crippen LogP contribution in [0, 0.1) is 0 Å². The van der Waals surface area contributed by atoms with E-state index in [1.165, 1.54) is 24.3 Å². The fraction of sp³-hybridized carbons (Fsp3) is 0. The van der Waals surface area contributed by atoms with Gasteiger partial charge in [0.05, 0.1) is 11.1 Å². The van der Waals surface area contributed by atoms with E-state index in [-0.39, 0.29) is 4.90 Å². The number of hydrazone groups is 1. The minimum atomic E-state index is -3.76. The molecule has 1 N–H and O–H groups in total. The Morgan fingerprint density at radius 1 is 0.815 bits per heavy atom. The Kier molecular flexibility index (Phi) is 4.56. The number of benzene rings is 4. The summed E-state index contributed by atoms with van der Waals surface area (Å²) in [5.74, 6) is 0. The molecule has 0 aliphatic heterocycles. The van der Waals surface area contributed by atoms with Crippen molar-refractivity contribution in [2.75, 3.05) is 0 Å². The van der Waals surface area contributed by atoms with Gasteiger partial charge in [-0.3, -0.25) is 0 Å². The minimum absolute atomic E-state index is 0.104. The average molecular weight is 395 g/mol. The van der Waals surface area contributed by atoms with Crippen LogP contribution in [0.5, 0.6) is 0 Å². The van der Waals surface area contributed by atoms with Crippen LogP contribution >= 0.6 is 11.6 Å². The molecule has 0 fully saturated rings. The summed E-state index contributed by atoms with van der Waals surface area (Å²) in [5.41, 5.74) is 0.863. The summed E-state index contributed by atoms with van der Waals surface area (Å²) in [6.07, 6.45) is 1.55. The number of sulfonamides is 1. The molecule has 0 aliphatic carbocycles. The Labute approximate surface area is 162 Å². The first-order valence-electron chi connectivity index (χ1n) is 8.25. The second-order valence-corrected chi connectivity index (χ2v) is 8.14. The molecular weight excluding hydrogens is 380 g/mol. The van der Waals surface area contributed by atoms with E-state index in [1.807, 2.05) is 48.5 Å². The molecule has 6 heteroatoms. The van der Waals surface area contributed by atoms with Gasteiger partial charge in [0.2, 0.25) is 0 Å². The first-order valence-corrected chi connectivity index (χ1v) is 10.1. The molecule has 134 valence electrons. The van der Waals surface area contributed by atoms with Crippen LogP contribution in [0.15, 0.2) is 88.9 Å². The highest BCUT2D eigenvalue weighted by Gasteiger charge is 2.12. The third-order valence-electron chi connectivity index (χ3n) is 4.30. The Balaban J connectivity index is 1.75. The van der Waals surface area contributed by atoms with Gasteiger partial charge >= 0.3 is 0 Å². The first-order chi connectivity index (χ1) is 13.0. The predicted molar refractivity (Wildman–Crippen MR) is 111 cm³/mol. The minimum Gasteiger partial charge on any atom is -0.200 e. The highest BCUT2D eigenvalue weighted by Crippen LogP contribution is 2.27. The molecule has 4 aromatic rings. The summed E-state index contributed by atoms with van der Waals surface area (Å²) in [6, 6.07) is 23.9. The van der Waals surface area contributed by atoms with Crippen molar-refractivity contribution in [1.29, 1.82) is 0 Å². The number of halogens is 1. The van der Waals surface area contributed by atoms with Crippen LogP contribution in [0.3, 0.4) is 0 Å². The summed E-state index contributed by atoms with van der Waals surface area (Å²) in [4.78, 5) is 2.37. The van der Waals surface area contributed by atoms with Crippen molar-refractivity contribution >= 4 is 49.4 Å². The molecule has 0 amide bonds. The summed E-state index contributed by atoms with van der Waals surface area (Å²) >= 11 is 5.81. The van der Waals surface area contributed by atoms with Crippen molar-refractivity contribution in [3.63, 3.8) is 0 Å². The van der Waals surface area contributed by atoms with E-state index >= 15 is 0 Å². The van der Waals surface area contributed by atoms with Crippen molar-refractivity contribution < 1.29 is 8.42 Å². The number of nitrogens with one attached hydrogen (secondary N) is 1. The van der Waals surface area contributed by atoms with Crippen LogP contribution in [-0.4, -0.2) is 14.6 Å². The van der Waals surface area contributed by atoms with Gasteiger partial charge in [0.25, 0.3) is 10.0 Å². The second-order valence-electron chi connectivity index (χ2n) is 6.04. The molecule has 4 rings (SSSR count). The highest BCUT2D eigenvalue weighted by atomic mass is 35.5. The normalized spacial score (nSPS) is 12.0. The Morgan fingerprint density at radius 2 is 1.37 bits per heavy atom. The van der Waals surface area contributed by atoms with Gasteiger partial charge in [0, 0.05) is 10.6 Å². The molecule has 4 aromatic carbocycles. The van der Waals surface area contributed by atoms with Gasteiger partial charge in [-0.25, -0.2) is 4.83 Å². The van der Waals surface area contributed by atoms with E-state index in [4.69, 9.17) is 11.6 Å². The van der Waals surface area contributed by atoms with Crippen LogP contribution in [0.1, 0.15) is 5.56 Å². The number of fused-ring (bicyclic) bond motifs is 2. The number of nitrogens with zero attached hydrogens (tertiary/aromatic N) is 1. The van der Waals surface area contributed by atoms with E-state index in [1.54, 1.807) is 6.21 Å². The number of hydrogen-bond donors (Lipinski definition) is 1. The van der Waals surface area contributed by atoms with Crippen molar-refractivity contribution in [3.8, 4) is 0 Å². The highest BCUT2D eigenvalue weighted by molar-refractivity contribution is 7.89. The maximum atomic E-state index is 12.4. The molecule has 0 radical (unpaired) electrons. The Morgan fingerprint density at radius 3 is 1.96 bits per heavy atom. The summed E-state index contributed by atoms with van der Waals surface area (Å²) < 4.78 is 24.8. The topological polar surface area (TPSA) is 58.5 Å². The van der Waals surface area contributed by atoms with E-state index in [9.17, 15) is 8.42 Å². The van der Waals surface area contributed by atoms with Crippen LogP contribution in [0.4, 0.5) is 0 Å². The third kappa shape index (κ3) is 3.52. The van der Waals surface area contributed by atoms with E-state index in [0.717, 1.165) is 27.1 Å². The first kappa shape index (κ1) is 17.5. The molecule has 4 nitrogen and oxygen atoms in total.